The number of ether oxygens (including phenoxy) is 2. The first kappa shape index (κ1) is 22.3. The fourth-order valence-corrected chi connectivity index (χ4v) is 3.86. The Kier molecular flexibility index (Phi) is 6.84. The second-order valence-electron chi connectivity index (χ2n) is 6.97. The molecule has 168 valence electrons. The quantitative estimate of drug-likeness (QED) is 0.395. The van der Waals surface area contributed by atoms with E-state index in [2.05, 4.69) is 25.5 Å². The van der Waals surface area contributed by atoms with Gasteiger partial charge < -0.3 is 14.8 Å². The molecular formula is C23H22N6O3S. The molecule has 1 N–H and O–H groups in total. The van der Waals surface area contributed by atoms with Crippen LogP contribution in [0.1, 0.15) is 5.56 Å². The summed E-state index contributed by atoms with van der Waals surface area (Å²) in [5, 5.41) is 12.1. The van der Waals surface area contributed by atoms with Gasteiger partial charge in [0.1, 0.15) is 5.69 Å². The van der Waals surface area contributed by atoms with Gasteiger partial charge in [0, 0.05) is 29.8 Å². The summed E-state index contributed by atoms with van der Waals surface area (Å²) in [6.07, 6.45) is 4.84. The lowest BCUT2D eigenvalue weighted by molar-refractivity contribution is -0.113. The Labute approximate surface area is 195 Å². The summed E-state index contributed by atoms with van der Waals surface area (Å²) < 4.78 is 12.4. The maximum absolute atomic E-state index is 12.6. The summed E-state index contributed by atoms with van der Waals surface area (Å²) in [5.74, 6) is 1.63. The maximum atomic E-state index is 12.6. The zero-order valence-corrected chi connectivity index (χ0v) is 19.2. The van der Waals surface area contributed by atoms with Crippen LogP contribution in [0.3, 0.4) is 0 Å². The number of aromatic nitrogens is 5. The average Bonchev–Trinajstić information content (AvgIpc) is 3.27. The molecule has 0 unspecified atom stereocenters. The van der Waals surface area contributed by atoms with E-state index in [1.807, 2.05) is 35.8 Å². The van der Waals surface area contributed by atoms with Gasteiger partial charge in [-0.05, 0) is 31.2 Å². The van der Waals surface area contributed by atoms with Crippen molar-refractivity contribution in [1.82, 2.24) is 24.7 Å². The number of anilines is 1. The van der Waals surface area contributed by atoms with E-state index in [4.69, 9.17) is 9.47 Å². The molecule has 0 spiro atoms. The van der Waals surface area contributed by atoms with Gasteiger partial charge in [-0.1, -0.05) is 29.5 Å². The SMILES string of the molecule is COc1ccc(NC(=O)CSc2nnc(-c3cnccn3)n2-c2ccc(C)cc2)cc1OC. The third-order valence-corrected chi connectivity index (χ3v) is 5.65. The van der Waals surface area contributed by atoms with Gasteiger partial charge in [-0.25, -0.2) is 4.98 Å². The first-order valence-electron chi connectivity index (χ1n) is 10.0. The van der Waals surface area contributed by atoms with Crippen molar-refractivity contribution in [3.63, 3.8) is 0 Å². The number of thioether (sulfide) groups is 1. The monoisotopic (exact) mass is 462 g/mol. The number of carbonyl (C=O) groups excluding carboxylic acids is 1. The number of carbonyl (C=O) groups is 1. The molecule has 0 aliphatic carbocycles. The number of hydrogen-bond donors (Lipinski definition) is 1. The highest BCUT2D eigenvalue weighted by Crippen LogP contribution is 2.30. The molecular weight excluding hydrogens is 440 g/mol. The molecule has 0 saturated carbocycles. The van der Waals surface area contributed by atoms with Crippen LogP contribution >= 0.6 is 11.8 Å². The lowest BCUT2D eigenvalue weighted by atomic mass is 10.2. The van der Waals surface area contributed by atoms with Gasteiger partial charge in [0.15, 0.2) is 22.5 Å². The Morgan fingerprint density at radius 1 is 1.03 bits per heavy atom. The molecule has 9 nitrogen and oxygen atoms in total. The third kappa shape index (κ3) is 5.12. The zero-order valence-electron chi connectivity index (χ0n) is 18.3. The van der Waals surface area contributed by atoms with Gasteiger partial charge in [-0.15, -0.1) is 10.2 Å². The van der Waals surface area contributed by atoms with E-state index >= 15 is 0 Å². The Balaban J connectivity index is 1.55. The molecule has 0 radical (unpaired) electrons. The number of nitrogens with zero attached hydrogens (tertiary/aromatic N) is 5. The molecule has 2 aromatic carbocycles. The predicted molar refractivity (Wildman–Crippen MR) is 126 cm³/mol. The standard InChI is InChI=1S/C23H22N6O3S/c1-15-4-7-17(8-5-15)29-22(18-13-24-10-11-25-18)27-28-23(29)33-14-21(30)26-16-6-9-19(31-2)20(12-16)32-3/h4-13H,14H2,1-3H3,(H,26,30). The molecule has 33 heavy (non-hydrogen) atoms. The highest BCUT2D eigenvalue weighted by Gasteiger charge is 2.18. The summed E-state index contributed by atoms with van der Waals surface area (Å²) in [5.41, 5.74) is 3.20. The van der Waals surface area contributed by atoms with Gasteiger partial charge >= 0.3 is 0 Å². The Morgan fingerprint density at radius 3 is 2.52 bits per heavy atom. The number of amides is 1. The summed E-state index contributed by atoms with van der Waals surface area (Å²) in [4.78, 5) is 21.1. The summed E-state index contributed by atoms with van der Waals surface area (Å²) >= 11 is 1.28. The number of methoxy groups -OCH3 is 2. The molecule has 0 atom stereocenters. The molecule has 0 bridgehead atoms. The van der Waals surface area contributed by atoms with Crippen molar-refractivity contribution in [3.8, 4) is 28.7 Å². The summed E-state index contributed by atoms with van der Waals surface area (Å²) in [6, 6.07) is 13.2. The first-order valence-corrected chi connectivity index (χ1v) is 11.0. The van der Waals surface area contributed by atoms with Crippen LogP contribution < -0.4 is 14.8 Å². The number of benzene rings is 2. The summed E-state index contributed by atoms with van der Waals surface area (Å²) in [6.45, 7) is 2.02. The van der Waals surface area contributed by atoms with Crippen LogP contribution in [-0.4, -0.2) is 50.6 Å². The molecule has 2 aromatic heterocycles. The van der Waals surface area contributed by atoms with Crippen molar-refractivity contribution in [2.24, 2.45) is 0 Å². The van der Waals surface area contributed by atoms with Crippen molar-refractivity contribution < 1.29 is 14.3 Å². The van der Waals surface area contributed by atoms with E-state index in [0.29, 0.717) is 33.9 Å². The van der Waals surface area contributed by atoms with Gasteiger partial charge in [-0.3, -0.25) is 14.3 Å². The van der Waals surface area contributed by atoms with Gasteiger partial charge in [0.2, 0.25) is 5.91 Å². The highest BCUT2D eigenvalue weighted by molar-refractivity contribution is 7.99. The van der Waals surface area contributed by atoms with Crippen molar-refractivity contribution in [2.75, 3.05) is 25.3 Å². The van der Waals surface area contributed by atoms with Crippen LogP contribution in [0.5, 0.6) is 11.5 Å². The van der Waals surface area contributed by atoms with Crippen molar-refractivity contribution >= 4 is 23.4 Å². The third-order valence-electron chi connectivity index (χ3n) is 4.72. The highest BCUT2D eigenvalue weighted by atomic mass is 32.2. The molecule has 0 fully saturated rings. The Morgan fingerprint density at radius 2 is 1.82 bits per heavy atom. The van der Waals surface area contributed by atoms with Crippen LogP contribution in [0.25, 0.3) is 17.2 Å². The largest absolute Gasteiger partial charge is 0.493 e. The van der Waals surface area contributed by atoms with Crippen LogP contribution in [0.2, 0.25) is 0 Å². The van der Waals surface area contributed by atoms with Gasteiger partial charge in [-0.2, -0.15) is 0 Å². The van der Waals surface area contributed by atoms with Gasteiger partial charge in [0.25, 0.3) is 0 Å². The van der Waals surface area contributed by atoms with E-state index in [0.717, 1.165) is 11.3 Å². The maximum Gasteiger partial charge on any atom is 0.234 e. The Hall–Kier alpha value is -3.92. The zero-order chi connectivity index (χ0) is 23.2. The molecule has 0 saturated heterocycles. The molecule has 10 heteroatoms. The minimum absolute atomic E-state index is 0.138. The Bertz CT molecular complexity index is 1250. The number of aryl methyl sites for hydroxylation is 1. The average molecular weight is 463 g/mol. The smallest absolute Gasteiger partial charge is 0.234 e. The summed E-state index contributed by atoms with van der Waals surface area (Å²) in [7, 11) is 3.11. The minimum Gasteiger partial charge on any atom is -0.493 e. The number of hydrogen-bond acceptors (Lipinski definition) is 8. The van der Waals surface area contributed by atoms with Crippen LogP contribution in [0, 0.1) is 6.92 Å². The van der Waals surface area contributed by atoms with E-state index in [1.54, 1.807) is 51.0 Å². The van der Waals surface area contributed by atoms with Crippen LogP contribution in [0.4, 0.5) is 5.69 Å². The van der Waals surface area contributed by atoms with Crippen LogP contribution in [-0.2, 0) is 4.79 Å². The fourth-order valence-electron chi connectivity index (χ4n) is 3.11. The van der Waals surface area contributed by atoms with E-state index in [-0.39, 0.29) is 11.7 Å². The lowest BCUT2D eigenvalue weighted by Gasteiger charge is -2.11. The normalized spacial score (nSPS) is 10.6. The molecule has 0 aliphatic rings. The topological polar surface area (TPSA) is 104 Å². The lowest BCUT2D eigenvalue weighted by Crippen LogP contribution is -2.14. The van der Waals surface area contributed by atoms with Crippen LogP contribution in [0.15, 0.2) is 66.2 Å². The molecule has 1 amide bonds. The van der Waals surface area contributed by atoms with E-state index < -0.39 is 0 Å². The number of nitrogens with one attached hydrogen (secondary N) is 1. The van der Waals surface area contributed by atoms with E-state index in [9.17, 15) is 4.79 Å². The van der Waals surface area contributed by atoms with Crippen molar-refractivity contribution in [3.05, 3.63) is 66.6 Å². The first-order chi connectivity index (χ1) is 16.1. The molecule has 4 aromatic rings. The predicted octanol–water partition coefficient (Wildman–Crippen LogP) is 3.78. The van der Waals surface area contributed by atoms with Crippen molar-refractivity contribution in [1.29, 1.82) is 0 Å². The molecule has 0 aliphatic heterocycles. The molecule has 4 rings (SSSR count). The number of rotatable bonds is 8. The molecule has 2 heterocycles. The second-order valence-corrected chi connectivity index (χ2v) is 7.92. The van der Waals surface area contributed by atoms with E-state index in [1.165, 1.54) is 11.8 Å². The van der Waals surface area contributed by atoms with Gasteiger partial charge in [0.05, 0.1) is 26.2 Å². The van der Waals surface area contributed by atoms with Crippen molar-refractivity contribution in [2.45, 2.75) is 12.1 Å². The fraction of sp³-hybridized carbons (Fsp3) is 0.174. The minimum atomic E-state index is -0.188. The second kappa shape index (κ2) is 10.1.